The average molecular weight is 433 g/mol. The normalized spacial score (nSPS) is 19.0. The first-order valence-corrected chi connectivity index (χ1v) is 10.6. The Bertz CT molecular complexity index is 930. The van der Waals surface area contributed by atoms with Gasteiger partial charge < -0.3 is 20.7 Å². The van der Waals surface area contributed by atoms with Crippen LogP contribution in [0.15, 0.2) is 29.6 Å². The lowest BCUT2D eigenvalue weighted by Gasteiger charge is -2.30. The van der Waals surface area contributed by atoms with E-state index < -0.39 is 0 Å². The van der Waals surface area contributed by atoms with Crippen LogP contribution in [0.25, 0.3) is 0 Å². The SMILES string of the molecule is NC1=C(N2CCc3ccc(CNC(=O)CN4C(=O)CSC4=S)cc3C2)C(=O)OC1. The number of amides is 2. The molecule has 1 aromatic rings. The molecule has 0 bridgehead atoms. The van der Waals surface area contributed by atoms with Crippen LogP contribution in [-0.2, 0) is 38.6 Å². The second-order valence-corrected chi connectivity index (χ2v) is 8.64. The number of carbonyl (C=O) groups is 3. The number of nitrogens with zero attached hydrogens (tertiary/aromatic N) is 2. The number of nitrogens with two attached hydrogens (primary N) is 1. The highest BCUT2D eigenvalue weighted by Crippen LogP contribution is 2.26. The zero-order valence-corrected chi connectivity index (χ0v) is 17.2. The third kappa shape index (κ3) is 4.08. The van der Waals surface area contributed by atoms with Gasteiger partial charge in [-0.1, -0.05) is 42.2 Å². The summed E-state index contributed by atoms with van der Waals surface area (Å²) in [6.07, 6.45) is 0.804. The molecule has 10 heteroatoms. The number of carbonyl (C=O) groups excluding carboxylic acids is 3. The van der Waals surface area contributed by atoms with Gasteiger partial charge in [0.15, 0.2) is 0 Å². The molecule has 1 fully saturated rings. The summed E-state index contributed by atoms with van der Waals surface area (Å²) in [5.74, 6) is -0.471. The van der Waals surface area contributed by atoms with Crippen LogP contribution in [0.1, 0.15) is 16.7 Å². The van der Waals surface area contributed by atoms with Gasteiger partial charge in [-0.25, -0.2) is 4.79 Å². The number of fused-ring (bicyclic) bond motifs is 1. The molecule has 29 heavy (non-hydrogen) atoms. The molecule has 0 unspecified atom stereocenters. The van der Waals surface area contributed by atoms with E-state index in [2.05, 4.69) is 11.4 Å². The van der Waals surface area contributed by atoms with Crippen molar-refractivity contribution in [2.24, 2.45) is 5.73 Å². The van der Waals surface area contributed by atoms with Gasteiger partial charge in [0.2, 0.25) is 11.8 Å². The summed E-state index contributed by atoms with van der Waals surface area (Å²) in [6, 6.07) is 6.06. The molecular weight excluding hydrogens is 412 g/mol. The topological polar surface area (TPSA) is 105 Å². The van der Waals surface area contributed by atoms with E-state index in [1.165, 1.54) is 22.2 Å². The van der Waals surface area contributed by atoms with Crippen molar-refractivity contribution in [2.45, 2.75) is 19.5 Å². The van der Waals surface area contributed by atoms with Crippen LogP contribution in [0.2, 0.25) is 0 Å². The largest absolute Gasteiger partial charge is 0.454 e. The minimum atomic E-state index is -0.373. The Kier molecular flexibility index (Phi) is 5.46. The van der Waals surface area contributed by atoms with E-state index in [0.29, 0.717) is 41.1 Å². The summed E-state index contributed by atoms with van der Waals surface area (Å²) in [5, 5.41) is 2.84. The number of thiocarbonyl (C=S) groups is 1. The molecule has 152 valence electrons. The van der Waals surface area contributed by atoms with Gasteiger partial charge in [-0.15, -0.1) is 0 Å². The van der Waals surface area contributed by atoms with Crippen molar-refractivity contribution in [3.05, 3.63) is 46.3 Å². The van der Waals surface area contributed by atoms with Gasteiger partial charge in [0, 0.05) is 19.6 Å². The van der Waals surface area contributed by atoms with Gasteiger partial charge in [-0.2, -0.15) is 0 Å². The van der Waals surface area contributed by atoms with Crippen LogP contribution in [0.3, 0.4) is 0 Å². The van der Waals surface area contributed by atoms with Gasteiger partial charge in [-0.3, -0.25) is 14.5 Å². The molecule has 0 radical (unpaired) electrons. The van der Waals surface area contributed by atoms with Crippen molar-refractivity contribution >= 4 is 46.1 Å². The van der Waals surface area contributed by atoms with Crippen LogP contribution in [-0.4, -0.2) is 57.4 Å². The number of rotatable bonds is 5. The lowest BCUT2D eigenvalue weighted by molar-refractivity contribution is -0.137. The van der Waals surface area contributed by atoms with Crippen LogP contribution in [0.5, 0.6) is 0 Å². The van der Waals surface area contributed by atoms with Crippen molar-refractivity contribution in [3.8, 4) is 0 Å². The maximum atomic E-state index is 12.2. The maximum Gasteiger partial charge on any atom is 0.356 e. The fraction of sp³-hybridized carbons (Fsp3) is 0.368. The molecule has 3 N–H and O–H groups in total. The first-order valence-electron chi connectivity index (χ1n) is 9.17. The zero-order chi connectivity index (χ0) is 20.5. The molecule has 3 aliphatic heterocycles. The van der Waals surface area contributed by atoms with Gasteiger partial charge in [-0.05, 0) is 23.1 Å². The highest BCUT2D eigenvalue weighted by Gasteiger charge is 2.31. The predicted octanol–water partition coefficient (Wildman–Crippen LogP) is 0.248. The summed E-state index contributed by atoms with van der Waals surface area (Å²) in [7, 11) is 0. The summed E-state index contributed by atoms with van der Waals surface area (Å²) < 4.78 is 5.45. The minimum Gasteiger partial charge on any atom is -0.454 e. The molecular formula is C19H20N4O4S2. The smallest absolute Gasteiger partial charge is 0.356 e. The van der Waals surface area contributed by atoms with E-state index in [1.54, 1.807) is 0 Å². The number of nitrogens with one attached hydrogen (secondary N) is 1. The number of hydrogen-bond donors (Lipinski definition) is 2. The standard InChI is InChI=1S/C19H20N4O4S2/c20-14-9-27-18(26)17(14)22-4-3-12-2-1-11(5-13(12)7-22)6-21-15(24)8-23-16(25)10-29-19(23)28/h1-2,5H,3-4,6-10,20H2,(H,21,24). The lowest BCUT2D eigenvalue weighted by atomic mass is 9.97. The molecule has 1 aromatic carbocycles. The Morgan fingerprint density at radius 2 is 2.14 bits per heavy atom. The third-order valence-corrected chi connectivity index (χ3v) is 6.52. The van der Waals surface area contributed by atoms with Crippen molar-refractivity contribution in [3.63, 3.8) is 0 Å². The summed E-state index contributed by atoms with van der Waals surface area (Å²) in [5.41, 5.74) is 10.1. The number of benzene rings is 1. The molecule has 0 spiro atoms. The number of ether oxygens (including phenoxy) is 1. The summed E-state index contributed by atoms with van der Waals surface area (Å²) >= 11 is 6.37. The Morgan fingerprint density at radius 1 is 1.31 bits per heavy atom. The second kappa shape index (κ2) is 8.03. The monoisotopic (exact) mass is 432 g/mol. The second-order valence-electron chi connectivity index (χ2n) is 7.04. The Morgan fingerprint density at radius 3 is 2.83 bits per heavy atom. The molecule has 8 nitrogen and oxygen atoms in total. The van der Waals surface area contributed by atoms with E-state index in [4.69, 9.17) is 22.7 Å². The lowest BCUT2D eigenvalue weighted by Crippen LogP contribution is -2.39. The molecule has 0 aromatic heterocycles. The molecule has 2 amide bonds. The van der Waals surface area contributed by atoms with Crippen molar-refractivity contribution in [1.29, 1.82) is 0 Å². The first kappa shape index (κ1) is 19.7. The fourth-order valence-corrected chi connectivity index (χ4v) is 4.66. The van der Waals surface area contributed by atoms with Crippen molar-refractivity contribution in [2.75, 3.05) is 25.4 Å². The first-order chi connectivity index (χ1) is 13.9. The Labute approximate surface area is 177 Å². The average Bonchev–Trinajstić information content (AvgIpc) is 3.21. The van der Waals surface area contributed by atoms with E-state index in [9.17, 15) is 14.4 Å². The summed E-state index contributed by atoms with van der Waals surface area (Å²) in [4.78, 5) is 39.1. The minimum absolute atomic E-state index is 0.0566. The molecule has 3 aliphatic rings. The zero-order valence-electron chi connectivity index (χ0n) is 15.6. The molecule has 4 rings (SSSR count). The number of esters is 1. The molecule has 1 saturated heterocycles. The number of hydrogen-bond acceptors (Lipinski definition) is 8. The third-order valence-electron chi connectivity index (χ3n) is 5.09. The van der Waals surface area contributed by atoms with E-state index in [0.717, 1.165) is 17.5 Å². The van der Waals surface area contributed by atoms with E-state index in [1.807, 2.05) is 17.0 Å². The molecule has 0 atom stereocenters. The van der Waals surface area contributed by atoms with Crippen LogP contribution in [0, 0.1) is 0 Å². The highest BCUT2D eigenvalue weighted by molar-refractivity contribution is 8.23. The summed E-state index contributed by atoms with van der Waals surface area (Å²) in [6.45, 7) is 1.71. The molecule has 3 heterocycles. The predicted molar refractivity (Wildman–Crippen MR) is 111 cm³/mol. The van der Waals surface area contributed by atoms with Crippen molar-refractivity contribution < 1.29 is 19.1 Å². The van der Waals surface area contributed by atoms with Gasteiger partial charge in [0.25, 0.3) is 0 Å². The van der Waals surface area contributed by atoms with E-state index in [-0.39, 0.29) is 30.9 Å². The fourth-order valence-electron chi connectivity index (χ4n) is 3.59. The van der Waals surface area contributed by atoms with Crippen LogP contribution >= 0.6 is 24.0 Å². The van der Waals surface area contributed by atoms with Gasteiger partial charge in [0.05, 0.1) is 11.4 Å². The molecule has 0 aliphatic carbocycles. The van der Waals surface area contributed by atoms with Gasteiger partial charge >= 0.3 is 5.97 Å². The van der Waals surface area contributed by atoms with Crippen LogP contribution in [0.4, 0.5) is 0 Å². The quantitative estimate of drug-likeness (QED) is 0.504. The van der Waals surface area contributed by atoms with E-state index >= 15 is 0 Å². The number of thioether (sulfide) groups is 1. The number of cyclic esters (lactones) is 1. The van der Waals surface area contributed by atoms with Gasteiger partial charge in [0.1, 0.15) is 23.2 Å². The highest BCUT2D eigenvalue weighted by atomic mass is 32.2. The van der Waals surface area contributed by atoms with Crippen LogP contribution < -0.4 is 11.1 Å². The molecule has 0 saturated carbocycles. The Balaban J connectivity index is 1.38. The Hall–Kier alpha value is -2.59. The maximum absolute atomic E-state index is 12.2. The van der Waals surface area contributed by atoms with Crippen molar-refractivity contribution in [1.82, 2.24) is 15.1 Å².